The number of ketones is 2. The highest BCUT2D eigenvalue weighted by molar-refractivity contribution is 6.07. The smallest absolute Gasteiger partial charge is 0.416 e. The van der Waals surface area contributed by atoms with Crippen molar-refractivity contribution in [3.63, 3.8) is 0 Å². The maximum absolute atomic E-state index is 14.4. The van der Waals surface area contributed by atoms with Gasteiger partial charge in [0.25, 0.3) is 11.8 Å². The van der Waals surface area contributed by atoms with Gasteiger partial charge in [0, 0.05) is 99.9 Å². The van der Waals surface area contributed by atoms with Crippen LogP contribution in [0.5, 0.6) is 23.0 Å². The molecule has 0 radical (unpaired) electrons. The molecule has 3 N–H and O–H groups in total. The van der Waals surface area contributed by atoms with Gasteiger partial charge in [-0.2, -0.15) is 0 Å². The Hall–Kier alpha value is -8.96. The number of allylic oxidation sites excluding steroid dienone is 4. The van der Waals surface area contributed by atoms with E-state index in [-0.39, 0.29) is 154 Å². The number of carbonyl (C=O) groups excluding carboxylic acids is 9. The van der Waals surface area contributed by atoms with Crippen LogP contribution in [-0.4, -0.2) is 151 Å². The molecule has 7 amide bonds. The number of aliphatic imine (C=N–C) groups is 1. The topological polar surface area (TPSA) is 279 Å². The van der Waals surface area contributed by atoms with Crippen LogP contribution in [0.4, 0.5) is 21.9 Å². The predicted octanol–water partition coefficient (Wildman–Crippen LogP) is 8.94. The molecule has 91 heavy (non-hydrogen) atoms. The summed E-state index contributed by atoms with van der Waals surface area (Å²) in [5.41, 5.74) is 3.61. The lowest BCUT2D eigenvalue weighted by molar-refractivity contribution is -0.140. The Morgan fingerprint density at radius 2 is 1.38 bits per heavy atom. The summed E-state index contributed by atoms with van der Waals surface area (Å²) in [6.45, 7) is 13.1. The van der Waals surface area contributed by atoms with Gasteiger partial charge in [0.2, 0.25) is 23.6 Å². The first kappa shape index (κ1) is 68.0. The molecule has 3 aromatic carbocycles. The van der Waals surface area contributed by atoms with Crippen LogP contribution in [0.3, 0.4) is 0 Å². The molecule has 5 aliphatic heterocycles. The lowest BCUT2D eigenvalue weighted by atomic mass is 9.92. The molecule has 0 aromatic heterocycles. The molecule has 3 aromatic rings. The summed E-state index contributed by atoms with van der Waals surface area (Å²) in [5, 5.41) is 17.7. The van der Waals surface area contributed by atoms with E-state index in [1.165, 1.54) is 36.2 Å². The number of ether oxygens (including phenoxy) is 6. The van der Waals surface area contributed by atoms with Crippen molar-refractivity contribution in [2.45, 2.75) is 137 Å². The number of anilines is 2. The number of methoxy groups -OCH3 is 2. The van der Waals surface area contributed by atoms with Crippen LogP contribution in [0.2, 0.25) is 0 Å². The number of fused-ring (bicyclic) bond motifs is 4. The van der Waals surface area contributed by atoms with Crippen LogP contribution in [-0.2, 0) is 44.8 Å². The first-order valence-corrected chi connectivity index (χ1v) is 31.0. The molecular formula is C68H83N7O16. The van der Waals surface area contributed by atoms with Crippen molar-refractivity contribution < 1.29 is 76.7 Å². The molecule has 0 bridgehead atoms. The van der Waals surface area contributed by atoms with Crippen LogP contribution in [0.25, 0.3) is 0 Å². The van der Waals surface area contributed by atoms with Gasteiger partial charge >= 0.3 is 6.09 Å². The number of aliphatic hydroxyl groups is 1. The summed E-state index contributed by atoms with van der Waals surface area (Å²) in [4.78, 5) is 130. The molecule has 23 nitrogen and oxygen atoms in total. The van der Waals surface area contributed by atoms with Crippen LogP contribution in [0.1, 0.15) is 133 Å². The predicted molar refractivity (Wildman–Crippen MR) is 338 cm³/mol. The van der Waals surface area contributed by atoms with E-state index in [0.717, 1.165) is 16.0 Å². The standard InChI is InChI=1S/C68H83N7O16/c1-10-14-44-29-47-36-69-52-34-58(56(86-8)31-50(52)65(82)73(47)37-44)89-25-13-26-90-59-35-53-51(32-57(59)87-9)66(83)74-38-45(15-11-2)30-54(74)67(84)75(53)68(85)91-39-43-17-19-46(20-18-43)70-63(80)42(7)28-55(77)62(41(5)6)71-60(78)22-27-88-24-12-16-48(76)21-23-72-61(79)33-49(40(3)4)64(72)81/h10-11,14-15,17-20,31-32,34-38,40-42,47,49,54,62,67,84H,12-13,16,21-30,33,39H2,1-9H3,(H,70,80)(H,71,78)/b14-10+,15-11+/t42-,47+,49?,54+,62+,67?/m1/s1. The number of carbonyl (C=O) groups is 9. The van der Waals surface area contributed by atoms with E-state index in [0.29, 0.717) is 53.3 Å². The molecule has 0 aliphatic carbocycles. The highest BCUT2D eigenvalue weighted by Crippen LogP contribution is 2.43. The number of likely N-dealkylation sites (tertiary alicyclic amines) is 1. The van der Waals surface area contributed by atoms with Crippen molar-refractivity contribution in [3.8, 4) is 23.0 Å². The number of hydrogen-bond acceptors (Lipinski definition) is 17. The zero-order valence-corrected chi connectivity index (χ0v) is 53.2. The number of benzene rings is 3. The first-order valence-electron chi connectivity index (χ1n) is 31.0. The molecule has 0 saturated carbocycles. The minimum absolute atomic E-state index is 0.0204. The number of amides is 7. The average Bonchev–Trinajstić information content (AvgIpc) is 1.64. The molecule has 6 atom stereocenters. The molecule has 0 spiro atoms. The maximum Gasteiger partial charge on any atom is 0.416 e. The van der Waals surface area contributed by atoms with Crippen molar-refractivity contribution in [2.75, 3.05) is 57.4 Å². The van der Waals surface area contributed by atoms with Gasteiger partial charge in [-0.25, -0.2) is 9.69 Å². The Bertz CT molecular complexity index is 3400. The highest BCUT2D eigenvalue weighted by Gasteiger charge is 2.46. The summed E-state index contributed by atoms with van der Waals surface area (Å²) >= 11 is 0. The Kier molecular flexibility index (Phi) is 23.3. The van der Waals surface area contributed by atoms with E-state index < -0.39 is 48.0 Å². The maximum atomic E-state index is 14.4. The van der Waals surface area contributed by atoms with Crippen molar-refractivity contribution in [3.05, 3.63) is 113 Å². The molecule has 8 rings (SSSR count). The van der Waals surface area contributed by atoms with Gasteiger partial charge in [-0.15, -0.1) is 0 Å². The number of rotatable bonds is 30. The molecule has 5 heterocycles. The summed E-state index contributed by atoms with van der Waals surface area (Å²) in [6.07, 6.45) is 12.1. The summed E-state index contributed by atoms with van der Waals surface area (Å²) in [6, 6.07) is 10.8. The quantitative estimate of drug-likeness (QED) is 0.0415. The minimum Gasteiger partial charge on any atom is -0.493 e. The van der Waals surface area contributed by atoms with E-state index in [1.807, 2.05) is 58.2 Å². The third-order valence-electron chi connectivity index (χ3n) is 16.5. The molecule has 5 aliphatic rings. The SMILES string of the molecule is C/C=C/C1=CN2C(=O)c3cc(OC)c(OCCCOc4cc5c(cc4OC)C(=O)N4C=C(/C=C/C)C[C@H]4C(O)N5C(=O)OCc4ccc(NC(=O)[C@H](C)CC(=O)[C@@H](NC(=O)CCOCCCC(=O)CCN5C(=O)CC(C(C)C)C5=O)C(C)C)cc4)cc3N=C[C@@H]2C1. The number of imide groups is 1. The van der Waals surface area contributed by atoms with E-state index in [4.69, 9.17) is 28.4 Å². The minimum atomic E-state index is -1.58. The van der Waals surface area contributed by atoms with Crippen molar-refractivity contribution in [1.29, 1.82) is 0 Å². The number of nitrogens with zero attached hydrogens (tertiary/aromatic N) is 5. The molecular weight excluding hydrogens is 1170 g/mol. The molecule has 486 valence electrons. The lowest BCUT2D eigenvalue weighted by Crippen LogP contribution is -2.50. The molecule has 2 unspecified atom stereocenters. The highest BCUT2D eigenvalue weighted by atomic mass is 16.6. The largest absolute Gasteiger partial charge is 0.493 e. The third-order valence-corrected chi connectivity index (χ3v) is 16.5. The first-order chi connectivity index (χ1) is 43.6. The summed E-state index contributed by atoms with van der Waals surface area (Å²) in [5.74, 6) is -2.70. The Morgan fingerprint density at radius 1 is 0.736 bits per heavy atom. The van der Waals surface area contributed by atoms with Crippen molar-refractivity contribution in [2.24, 2.45) is 28.7 Å². The monoisotopic (exact) mass is 1250 g/mol. The zero-order valence-electron chi connectivity index (χ0n) is 53.2. The molecule has 1 fully saturated rings. The fraction of sp³-hybridized carbons (Fsp3) is 0.471. The number of nitrogens with one attached hydrogen (secondary N) is 2. The van der Waals surface area contributed by atoms with E-state index in [2.05, 4.69) is 15.6 Å². The molecule has 1 saturated heterocycles. The number of hydrogen-bond donors (Lipinski definition) is 3. The Labute approximate surface area is 530 Å². The van der Waals surface area contributed by atoms with Gasteiger partial charge in [0.05, 0.1) is 74.7 Å². The van der Waals surface area contributed by atoms with Gasteiger partial charge in [-0.1, -0.05) is 71.1 Å². The second-order valence-electron chi connectivity index (χ2n) is 23.8. The Morgan fingerprint density at radius 3 is 2.03 bits per heavy atom. The van der Waals surface area contributed by atoms with Gasteiger partial charge in [0.15, 0.2) is 35.0 Å². The zero-order chi connectivity index (χ0) is 65.6. The van der Waals surface area contributed by atoms with Gasteiger partial charge < -0.3 is 54.0 Å². The van der Waals surface area contributed by atoms with Crippen LogP contribution < -0.4 is 34.5 Å². The van der Waals surface area contributed by atoms with Gasteiger partial charge in [-0.05, 0) is 85.9 Å². The summed E-state index contributed by atoms with van der Waals surface area (Å²) < 4.78 is 35.2. The van der Waals surface area contributed by atoms with Crippen LogP contribution in [0, 0.1) is 23.7 Å². The second kappa shape index (κ2) is 31.2. The van der Waals surface area contributed by atoms with Gasteiger partial charge in [0.1, 0.15) is 12.4 Å². The third kappa shape index (κ3) is 16.5. The number of aliphatic hydroxyl groups excluding tert-OH is 1. The molecule has 23 heteroatoms. The average molecular weight is 1250 g/mol. The van der Waals surface area contributed by atoms with Crippen LogP contribution >= 0.6 is 0 Å². The second-order valence-corrected chi connectivity index (χ2v) is 23.8. The van der Waals surface area contributed by atoms with Crippen molar-refractivity contribution >= 4 is 76.4 Å². The Balaban J connectivity index is 0.823. The number of Topliss-reactive ketones (excluding diaryl/α,β-unsaturated/α-hetero) is 2. The fourth-order valence-electron chi connectivity index (χ4n) is 11.5. The van der Waals surface area contributed by atoms with Crippen LogP contribution in [0.15, 0.2) is 101 Å². The summed E-state index contributed by atoms with van der Waals surface area (Å²) in [7, 11) is 2.91. The normalized spacial score (nSPS) is 19.2. The van der Waals surface area contributed by atoms with Gasteiger partial charge in [-0.3, -0.25) is 48.2 Å². The van der Waals surface area contributed by atoms with E-state index in [1.54, 1.807) is 74.5 Å². The van der Waals surface area contributed by atoms with Crippen molar-refractivity contribution in [1.82, 2.24) is 20.0 Å². The fourth-order valence-corrected chi connectivity index (χ4v) is 11.5. The van der Waals surface area contributed by atoms with E-state index in [9.17, 15) is 48.3 Å². The van der Waals surface area contributed by atoms with E-state index >= 15 is 0 Å². The lowest BCUT2D eigenvalue weighted by Gasteiger charge is -2.31.